The molecule has 0 saturated heterocycles. The minimum atomic E-state index is -0.578. The molecule has 110 valence electrons. The van der Waals surface area contributed by atoms with E-state index in [-0.39, 0.29) is 5.91 Å². The van der Waals surface area contributed by atoms with Crippen molar-refractivity contribution in [1.29, 1.82) is 0 Å². The van der Waals surface area contributed by atoms with Crippen molar-refractivity contribution in [3.05, 3.63) is 72.8 Å². The van der Waals surface area contributed by atoms with E-state index in [1.165, 1.54) is 0 Å². The van der Waals surface area contributed by atoms with Crippen molar-refractivity contribution in [3.63, 3.8) is 0 Å². The van der Waals surface area contributed by atoms with Crippen molar-refractivity contribution >= 4 is 22.4 Å². The summed E-state index contributed by atoms with van der Waals surface area (Å²) in [5.41, 5.74) is 0.765. The van der Waals surface area contributed by atoms with E-state index in [4.69, 9.17) is 4.74 Å². The molecule has 1 amide bonds. The van der Waals surface area contributed by atoms with Crippen LogP contribution in [0.5, 0.6) is 5.75 Å². The zero-order valence-electron chi connectivity index (χ0n) is 12.3. The number of hydrogen-bond acceptors (Lipinski definition) is 2. The van der Waals surface area contributed by atoms with Crippen molar-refractivity contribution in [2.24, 2.45) is 0 Å². The lowest BCUT2D eigenvalue weighted by Crippen LogP contribution is -2.30. The molecule has 0 spiro atoms. The SMILES string of the molecule is C[C@@H](Oc1cccc2ccccc12)C(=O)Nc1ccccc1. The number of ether oxygens (including phenoxy) is 1. The molecule has 3 rings (SSSR count). The van der Waals surface area contributed by atoms with Crippen LogP contribution in [0.25, 0.3) is 10.8 Å². The zero-order chi connectivity index (χ0) is 15.4. The van der Waals surface area contributed by atoms with Crippen LogP contribution in [0.1, 0.15) is 6.92 Å². The largest absolute Gasteiger partial charge is 0.480 e. The first kappa shape index (κ1) is 14.1. The van der Waals surface area contributed by atoms with Gasteiger partial charge in [-0.05, 0) is 30.5 Å². The average Bonchev–Trinajstić information content (AvgIpc) is 2.56. The highest BCUT2D eigenvalue weighted by atomic mass is 16.5. The van der Waals surface area contributed by atoms with Crippen LogP contribution < -0.4 is 10.1 Å². The van der Waals surface area contributed by atoms with Crippen LogP contribution in [0.2, 0.25) is 0 Å². The lowest BCUT2D eigenvalue weighted by molar-refractivity contribution is -0.122. The fourth-order valence-corrected chi connectivity index (χ4v) is 2.31. The molecule has 1 atom stereocenters. The Hall–Kier alpha value is -2.81. The average molecular weight is 291 g/mol. The van der Waals surface area contributed by atoms with Crippen molar-refractivity contribution in [3.8, 4) is 5.75 Å². The Morgan fingerprint density at radius 1 is 0.909 bits per heavy atom. The van der Waals surface area contributed by atoms with Gasteiger partial charge in [0.2, 0.25) is 0 Å². The Balaban J connectivity index is 1.75. The number of amides is 1. The topological polar surface area (TPSA) is 38.3 Å². The standard InChI is InChI=1S/C19H17NO2/c1-14(19(21)20-16-10-3-2-4-11-16)22-18-13-7-9-15-8-5-6-12-17(15)18/h2-14H,1H3,(H,20,21)/t14-/m1/s1. The summed E-state index contributed by atoms with van der Waals surface area (Å²) in [6.07, 6.45) is -0.578. The third-order valence-electron chi connectivity index (χ3n) is 3.46. The summed E-state index contributed by atoms with van der Waals surface area (Å²) < 4.78 is 5.85. The first-order chi connectivity index (χ1) is 10.7. The molecule has 3 aromatic rings. The number of fused-ring (bicyclic) bond motifs is 1. The van der Waals surface area contributed by atoms with E-state index in [0.29, 0.717) is 5.75 Å². The molecule has 0 saturated carbocycles. The van der Waals surface area contributed by atoms with Gasteiger partial charge in [-0.1, -0.05) is 54.6 Å². The summed E-state index contributed by atoms with van der Waals surface area (Å²) in [7, 11) is 0. The van der Waals surface area contributed by atoms with Gasteiger partial charge >= 0.3 is 0 Å². The molecule has 0 unspecified atom stereocenters. The maximum atomic E-state index is 12.2. The molecule has 0 radical (unpaired) electrons. The van der Waals surface area contributed by atoms with Crippen LogP contribution in [-0.4, -0.2) is 12.0 Å². The summed E-state index contributed by atoms with van der Waals surface area (Å²) >= 11 is 0. The Bertz CT molecular complexity index is 778. The number of nitrogens with one attached hydrogen (secondary N) is 1. The van der Waals surface area contributed by atoms with Gasteiger partial charge in [0.1, 0.15) is 5.75 Å². The van der Waals surface area contributed by atoms with Crippen LogP contribution in [0.3, 0.4) is 0 Å². The second-order valence-electron chi connectivity index (χ2n) is 5.09. The van der Waals surface area contributed by atoms with E-state index >= 15 is 0 Å². The second kappa shape index (κ2) is 6.31. The van der Waals surface area contributed by atoms with Gasteiger partial charge in [0.05, 0.1) is 0 Å². The van der Waals surface area contributed by atoms with Crippen molar-refractivity contribution in [1.82, 2.24) is 0 Å². The molecular weight excluding hydrogens is 274 g/mol. The molecule has 3 aromatic carbocycles. The lowest BCUT2D eigenvalue weighted by atomic mass is 10.1. The Morgan fingerprint density at radius 2 is 1.59 bits per heavy atom. The van der Waals surface area contributed by atoms with Crippen molar-refractivity contribution < 1.29 is 9.53 Å². The molecule has 3 heteroatoms. The highest BCUT2D eigenvalue weighted by molar-refractivity contribution is 5.95. The van der Waals surface area contributed by atoms with Crippen molar-refractivity contribution in [2.45, 2.75) is 13.0 Å². The summed E-state index contributed by atoms with van der Waals surface area (Å²) in [6, 6.07) is 23.2. The predicted octanol–water partition coefficient (Wildman–Crippen LogP) is 4.25. The molecule has 1 N–H and O–H groups in total. The normalized spacial score (nSPS) is 11.9. The summed E-state index contributed by atoms with van der Waals surface area (Å²) in [6.45, 7) is 1.75. The summed E-state index contributed by atoms with van der Waals surface area (Å²) in [5.74, 6) is 0.549. The van der Waals surface area contributed by atoms with E-state index < -0.39 is 6.10 Å². The molecule has 0 aliphatic rings. The van der Waals surface area contributed by atoms with Crippen LogP contribution in [0, 0.1) is 0 Å². The molecule has 0 aliphatic carbocycles. The number of para-hydroxylation sites is 1. The van der Waals surface area contributed by atoms with Crippen LogP contribution in [-0.2, 0) is 4.79 Å². The van der Waals surface area contributed by atoms with E-state index in [2.05, 4.69) is 5.32 Å². The summed E-state index contributed by atoms with van der Waals surface area (Å²) in [5, 5.41) is 4.94. The Labute approximate surface area is 129 Å². The zero-order valence-corrected chi connectivity index (χ0v) is 12.3. The van der Waals surface area contributed by atoms with Gasteiger partial charge in [0, 0.05) is 11.1 Å². The Morgan fingerprint density at radius 3 is 2.41 bits per heavy atom. The third-order valence-corrected chi connectivity index (χ3v) is 3.46. The number of hydrogen-bond donors (Lipinski definition) is 1. The Kier molecular flexibility index (Phi) is 4.05. The number of carbonyl (C=O) groups is 1. The monoisotopic (exact) mass is 291 g/mol. The van der Waals surface area contributed by atoms with Crippen molar-refractivity contribution in [2.75, 3.05) is 5.32 Å². The van der Waals surface area contributed by atoms with Crippen LogP contribution >= 0.6 is 0 Å². The number of anilines is 1. The van der Waals surface area contributed by atoms with Gasteiger partial charge in [-0.15, -0.1) is 0 Å². The minimum absolute atomic E-state index is 0.167. The lowest BCUT2D eigenvalue weighted by Gasteiger charge is -2.16. The highest BCUT2D eigenvalue weighted by Gasteiger charge is 2.15. The molecule has 0 bridgehead atoms. The third kappa shape index (κ3) is 3.09. The van der Waals surface area contributed by atoms with Gasteiger partial charge in [-0.25, -0.2) is 0 Å². The van der Waals surface area contributed by atoms with E-state index in [9.17, 15) is 4.79 Å². The minimum Gasteiger partial charge on any atom is -0.480 e. The van der Waals surface area contributed by atoms with E-state index in [1.807, 2.05) is 72.8 Å². The second-order valence-corrected chi connectivity index (χ2v) is 5.09. The van der Waals surface area contributed by atoms with Gasteiger partial charge in [-0.2, -0.15) is 0 Å². The van der Waals surface area contributed by atoms with E-state index in [0.717, 1.165) is 16.5 Å². The van der Waals surface area contributed by atoms with Gasteiger partial charge in [0.15, 0.2) is 6.10 Å². The van der Waals surface area contributed by atoms with Gasteiger partial charge in [-0.3, -0.25) is 4.79 Å². The molecule has 0 fully saturated rings. The number of rotatable bonds is 4. The van der Waals surface area contributed by atoms with Gasteiger partial charge < -0.3 is 10.1 Å². The highest BCUT2D eigenvalue weighted by Crippen LogP contribution is 2.26. The van der Waals surface area contributed by atoms with Crippen LogP contribution in [0.15, 0.2) is 72.8 Å². The fraction of sp³-hybridized carbons (Fsp3) is 0.105. The molecular formula is C19H17NO2. The molecule has 0 aromatic heterocycles. The number of carbonyl (C=O) groups excluding carboxylic acids is 1. The maximum Gasteiger partial charge on any atom is 0.265 e. The molecule has 3 nitrogen and oxygen atoms in total. The quantitative estimate of drug-likeness (QED) is 0.780. The molecule has 22 heavy (non-hydrogen) atoms. The molecule has 0 aliphatic heterocycles. The fourth-order valence-electron chi connectivity index (χ4n) is 2.31. The predicted molar refractivity (Wildman–Crippen MR) is 89.1 cm³/mol. The van der Waals surface area contributed by atoms with Crippen LogP contribution in [0.4, 0.5) is 5.69 Å². The first-order valence-corrected chi connectivity index (χ1v) is 7.24. The van der Waals surface area contributed by atoms with E-state index in [1.54, 1.807) is 6.92 Å². The maximum absolute atomic E-state index is 12.2. The summed E-state index contributed by atoms with van der Waals surface area (Å²) in [4.78, 5) is 12.2. The smallest absolute Gasteiger partial charge is 0.265 e. The van der Waals surface area contributed by atoms with Gasteiger partial charge in [0.25, 0.3) is 5.91 Å². The first-order valence-electron chi connectivity index (χ1n) is 7.24. The number of benzene rings is 3. The molecule has 0 heterocycles.